The Morgan fingerprint density at radius 2 is 2.36 bits per heavy atom. The molecule has 0 spiro atoms. The summed E-state index contributed by atoms with van der Waals surface area (Å²) < 4.78 is 0. The van der Waals surface area contributed by atoms with E-state index in [1.807, 2.05) is 0 Å². The summed E-state index contributed by atoms with van der Waals surface area (Å²) in [6, 6.07) is 2.07. The lowest BCUT2D eigenvalue weighted by Gasteiger charge is -2.13. The van der Waals surface area contributed by atoms with E-state index in [2.05, 4.69) is 23.6 Å². The molecule has 0 aromatic carbocycles. The number of nitrogens with zero attached hydrogens (tertiary/aromatic N) is 1. The van der Waals surface area contributed by atoms with Crippen LogP contribution in [0.25, 0.3) is 0 Å². The molecule has 0 radical (unpaired) electrons. The van der Waals surface area contributed by atoms with E-state index in [4.69, 9.17) is 5.26 Å². The summed E-state index contributed by atoms with van der Waals surface area (Å²) in [6.45, 7) is 3.02. The molecule has 76 valence electrons. The molecule has 2 fully saturated rings. The van der Waals surface area contributed by atoms with Gasteiger partial charge in [-0.1, -0.05) is 6.92 Å². The van der Waals surface area contributed by atoms with Crippen molar-refractivity contribution in [2.45, 2.75) is 37.8 Å². The van der Waals surface area contributed by atoms with Crippen LogP contribution in [0.2, 0.25) is 0 Å². The predicted octanol–water partition coefficient (Wildman–Crippen LogP) is 0.157. The van der Waals surface area contributed by atoms with E-state index in [0.717, 1.165) is 25.8 Å². The van der Waals surface area contributed by atoms with Crippen LogP contribution in [0.1, 0.15) is 26.2 Å². The molecule has 1 aliphatic heterocycles. The summed E-state index contributed by atoms with van der Waals surface area (Å²) in [4.78, 5) is 11.7. The fraction of sp³-hybridized carbons (Fsp3) is 0.800. The van der Waals surface area contributed by atoms with Gasteiger partial charge in [-0.05, 0) is 31.7 Å². The lowest BCUT2D eigenvalue weighted by Crippen LogP contribution is -2.45. The third-order valence-corrected chi connectivity index (χ3v) is 2.99. The number of rotatable bonds is 2. The molecule has 2 atom stereocenters. The second-order valence-corrected chi connectivity index (χ2v) is 4.48. The molecule has 0 aromatic rings. The topological polar surface area (TPSA) is 64.9 Å². The summed E-state index contributed by atoms with van der Waals surface area (Å²) >= 11 is 0. The van der Waals surface area contributed by atoms with Gasteiger partial charge in [0.15, 0.2) is 0 Å². The first-order valence-corrected chi connectivity index (χ1v) is 5.12. The highest BCUT2D eigenvalue weighted by Gasteiger charge is 2.46. The zero-order valence-electron chi connectivity index (χ0n) is 8.34. The van der Waals surface area contributed by atoms with Gasteiger partial charge >= 0.3 is 0 Å². The van der Waals surface area contributed by atoms with Crippen LogP contribution in [0.3, 0.4) is 0 Å². The summed E-state index contributed by atoms with van der Waals surface area (Å²) in [7, 11) is 0. The van der Waals surface area contributed by atoms with E-state index in [0.29, 0.717) is 5.92 Å². The second-order valence-electron chi connectivity index (χ2n) is 4.48. The zero-order valence-corrected chi connectivity index (χ0v) is 8.34. The third kappa shape index (κ3) is 1.73. The first-order valence-electron chi connectivity index (χ1n) is 5.12. The third-order valence-electron chi connectivity index (χ3n) is 2.99. The quantitative estimate of drug-likeness (QED) is 0.656. The van der Waals surface area contributed by atoms with Crippen LogP contribution in [0, 0.1) is 17.2 Å². The van der Waals surface area contributed by atoms with E-state index in [1.54, 1.807) is 0 Å². The van der Waals surface area contributed by atoms with Gasteiger partial charge in [-0.25, -0.2) is 0 Å². The first kappa shape index (κ1) is 9.47. The molecule has 1 heterocycles. The lowest BCUT2D eigenvalue weighted by atomic mass is 10.1. The van der Waals surface area contributed by atoms with Crippen molar-refractivity contribution in [1.82, 2.24) is 10.6 Å². The fourth-order valence-corrected chi connectivity index (χ4v) is 1.82. The number of amides is 1. The minimum atomic E-state index is -0.523. The van der Waals surface area contributed by atoms with Crippen molar-refractivity contribution in [3.05, 3.63) is 0 Å². The minimum absolute atomic E-state index is 0.00611. The normalized spacial score (nSPS) is 33.4. The largest absolute Gasteiger partial charge is 0.336 e. The van der Waals surface area contributed by atoms with Gasteiger partial charge in [0.1, 0.15) is 5.54 Å². The van der Waals surface area contributed by atoms with Crippen LogP contribution in [0.5, 0.6) is 0 Å². The zero-order chi connectivity index (χ0) is 10.2. The highest BCUT2D eigenvalue weighted by Crippen LogP contribution is 2.34. The maximum Gasteiger partial charge on any atom is 0.238 e. The van der Waals surface area contributed by atoms with Gasteiger partial charge < -0.3 is 10.6 Å². The van der Waals surface area contributed by atoms with Crippen molar-refractivity contribution in [3.8, 4) is 6.07 Å². The summed E-state index contributed by atoms with van der Waals surface area (Å²) in [6.07, 6.45) is 2.49. The average molecular weight is 193 g/mol. The van der Waals surface area contributed by atoms with E-state index in [9.17, 15) is 4.79 Å². The van der Waals surface area contributed by atoms with E-state index in [-0.39, 0.29) is 11.9 Å². The van der Waals surface area contributed by atoms with Crippen LogP contribution in [-0.4, -0.2) is 24.0 Å². The monoisotopic (exact) mass is 193 g/mol. The van der Waals surface area contributed by atoms with E-state index in [1.165, 1.54) is 0 Å². The molecule has 14 heavy (non-hydrogen) atoms. The Morgan fingerprint density at radius 3 is 2.79 bits per heavy atom. The van der Waals surface area contributed by atoms with Crippen molar-refractivity contribution in [3.63, 3.8) is 0 Å². The molecule has 0 aromatic heterocycles. The Kier molecular flexibility index (Phi) is 2.20. The Labute approximate surface area is 83.7 Å². The number of carbonyl (C=O) groups excluding carboxylic acids is 1. The second kappa shape index (κ2) is 3.25. The molecule has 1 unspecified atom stereocenters. The van der Waals surface area contributed by atoms with Crippen LogP contribution in [0.15, 0.2) is 0 Å². The van der Waals surface area contributed by atoms with Crippen molar-refractivity contribution >= 4 is 5.91 Å². The van der Waals surface area contributed by atoms with Crippen LogP contribution >= 0.6 is 0 Å². The van der Waals surface area contributed by atoms with Gasteiger partial charge in [0.05, 0.1) is 12.1 Å². The Balaban J connectivity index is 1.88. The smallest absolute Gasteiger partial charge is 0.238 e. The number of nitrogens with one attached hydrogen (secondary N) is 2. The summed E-state index contributed by atoms with van der Waals surface area (Å²) in [5.74, 6) is 0.552. The molecule has 1 amide bonds. The van der Waals surface area contributed by atoms with Gasteiger partial charge in [-0.2, -0.15) is 5.26 Å². The molecule has 1 saturated carbocycles. The van der Waals surface area contributed by atoms with Gasteiger partial charge in [-0.15, -0.1) is 0 Å². The van der Waals surface area contributed by atoms with Crippen molar-refractivity contribution < 1.29 is 4.79 Å². The van der Waals surface area contributed by atoms with Crippen molar-refractivity contribution in [2.24, 2.45) is 5.92 Å². The van der Waals surface area contributed by atoms with Crippen LogP contribution in [0.4, 0.5) is 0 Å². The van der Waals surface area contributed by atoms with Crippen LogP contribution in [-0.2, 0) is 4.79 Å². The molecule has 1 aliphatic carbocycles. The Bertz CT molecular complexity index is 290. The maximum absolute atomic E-state index is 11.7. The molecular weight excluding hydrogens is 178 g/mol. The molecule has 2 rings (SSSR count). The van der Waals surface area contributed by atoms with Gasteiger partial charge in [0.2, 0.25) is 5.91 Å². The van der Waals surface area contributed by atoms with Crippen LogP contribution < -0.4 is 10.6 Å². The summed E-state index contributed by atoms with van der Waals surface area (Å²) in [5.41, 5.74) is -0.523. The highest BCUT2D eigenvalue weighted by molar-refractivity contribution is 5.83. The maximum atomic E-state index is 11.7. The minimum Gasteiger partial charge on any atom is -0.336 e. The van der Waals surface area contributed by atoms with Gasteiger partial charge in [0, 0.05) is 0 Å². The standard InChI is InChI=1S/C10H15N3O/c1-7-4-8(12-5-7)9(14)13-10(6-11)2-3-10/h7-8,12H,2-5H2,1H3,(H,13,14)/t7?,8-/m0/s1. The predicted molar refractivity (Wildman–Crippen MR) is 51.3 cm³/mol. The number of hydrogen-bond acceptors (Lipinski definition) is 3. The van der Waals surface area contributed by atoms with Crippen molar-refractivity contribution in [2.75, 3.05) is 6.54 Å². The Hall–Kier alpha value is -1.08. The van der Waals surface area contributed by atoms with E-state index < -0.39 is 5.54 Å². The Morgan fingerprint density at radius 1 is 1.64 bits per heavy atom. The number of hydrogen-bond donors (Lipinski definition) is 2. The average Bonchev–Trinajstić information content (AvgIpc) is 2.80. The van der Waals surface area contributed by atoms with Gasteiger partial charge in [0.25, 0.3) is 0 Å². The number of carbonyl (C=O) groups is 1. The first-order chi connectivity index (χ1) is 6.65. The fourth-order valence-electron chi connectivity index (χ4n) is 1.82. The van der Waals surface area contributed by atoms with E-state index >= 15 is 0 Å². The van der Waals surface area contributed by atoms with Gasteiger partial charge in [-0.3, -0.25) is 4.79 Å². The molecule has 1 saturated heterocycles. The van der Waals surface area contributed by atoms with Crippen molar-refractivity contribution in [1.29, 1.82) is 5.26 Å². The lowest BCUT2D eigenvalue weighted by molar-refractivity contribution is -0.123. The SMILES string of the molecule is CC1CN[C@H](C(=O)NC2(C#N)CC2)C1. The molecule has 4 heteroatoms. The molecule has 2 N–H and O–H groups in total. The molecule has 0 bridgehead atoms. The highest BCUT2D eigenvalue weighted by atomic mass is 16.2. The molecular formula is C10H15N3O. The summed E-state index contributed by atoms with van der Waals surface area (Å²) in [5, 5.41) is 14.8. The number of nitriles is 1. The molecule has 4 nitrogen and oxygen atoms in total. The molecule has 2 aliphatic rings.